The molecule has 1 heterocycles. The van der Waals surface area contributed by atoms with E-state index in [1.165, 1.54) is 0 Å². The quantitative estimate of drug-likeness (QED) is 0.732. The second kappa shape index (κ2) is 6.26. The number of hydrogen-bond acceptors (Lipinski definition) is 2. The molecule has 138 valence electrons. The summed E-state index contributed by atoms with van der Waals surface area (Å²) in [6.45, 7) is 11.0. The smallest absolute Gasteiger partial charge is 0.248 e. The van der Waals surface area contributed by atoms with Crippen molar-refractivity contribution < 1.29 is 18.4 Å². The average Bonchev–Trinajstić information content (AvgIpc) is 2.43. The van der Waals surface area contributed by atoms with Gasteiger partial charge in [-0.25, -0.2) is 8.78 Å². The van der Waals surface area contributed by atoms with Crippen LogP contribution in [0.5, 0.6) is 0 Å². The first-order valence-electron chi connectivity index (χ1n) is 8.82. The topological polar surface area (TPSA) is 40.6 Å². The number of piperazine rings is 1. The zero-order valence-corrected chi connectivity index (χ0v) is 15.5. The molecule has 0 aromatic rings. The maximum atomic E-state index is 13.3. The molecule has 0 unspecified atom stereocenters. The highest BCUT2D eigenvalue weighted by Gasteiger charge is 2.44. The van der Waals surface area contributed by atoms with Crippen LogP contribution in [0.15, 0.2) is 0 Å². The van der Waals surface area contributed by atoms with E-state index in [-0.39, 0.29) is 43.4 Å². The summed E-state index contributed by atoms with van der Waals surface area (Å²) >= 11 is 0. The van der Waals surface area contributed by atoms with Gasteiger partial charge in [-0.3, -0.25) is 9.59 Å². The van der Waals surface area contributed by atoms with Crippen molar-refractivity contribution in [3.8, 4) is 0 Å². The van der Waals surface area contributed by atoms with E-state index in [0.717, 1.165) is 0 Å². The van der Waals surface area contributed by atoms with Gasteiger partial charge < -0.3 is 9.80 Å². The zero-order valence-electron chi connectivity index (χ0n) is 15.5. The van der Waals surface area contributed by atoms with E-state index in [1.54, 1.807) is 4.90 Å². The molecule has 0 spiro atoms. The van der Waals surface area contributed by atoms with Crippen LogP contribution in [0.25, 0.3) is 0 Å². The Labute approximate surface area is 143 Å². The number of rotatable bonds is 1. The Morgan fingerprint density at radius 2 is 1.58 bits per heavy atom. The zero-order chi connectivity index (χ0) is 18.3. The van der Waals surface area contributed by atoms with Crippen LogP contribution in [0.3, 0.4) is 0 Å². The number of halogens is 2. The molecule has 2 rings (SSSR count). The molecule has 24 heavy (non-hydrogen) atoms. The van der Waals surface area contributed by atoms with Crippen LogP contribution in [0.2, 0.25) is 0 Å². The van der Waals surface area contributed by atoms with Crippen LogP contribution < -0.4 is 0 Å². The average molecular weight is 344 g/mol. The molecule has 0 atom stereocenters. The summed E-state index contributed by atoms with van der Waals surface area (Å²) < 4.78 is 26.6. The Bertz CT molecular complexity index is 502. The van der Waals surface area contributed by atoms with E-state index in [9.17, 15) is 18.4 Å². The van der Waals surface area contributed by atoms with Crippen LogP contribution >= 0.6 is 0 Å². The molecule has 6 heteroatoms. The first kappa shape index (κ1) is 19.1. The summed E-state index contributed by atoms with van der Waals surface area (Å²) in [5.41, 5.74) is -0.923. The third-order valence-electron chi connectivity index (χ3n) is 5.16. The van der Waals surface area contributed by atoms with E-state index in [1.807, 2.05) is 39.5 Å². The molecule has 2 fully saturated rings. The highest BCUT2D eigenvalue weighted by atomic mass is 19.3. The van der Waals surface area contributed by atoms with Crippen molar-refractivity contribution in [3.63, 3.8) is 0 Å². The van der Waals surface area contributed by atoms with Crippen LogP contribution in [0.1, 0.15) is 60.3 Å². The molecule has 1 saturated heterocycles. The van der Waals surface area contributed by atoms with Gasteiger partial charge in [0, 0.05) is 43.8 Å². The number of hydrogen-bond donors (Lipinski definition) is 0. The van der Waals surface area contributed by atoms with Crippen molar-refractivity contribution in [2.45, 2.75) is 71.8 Å². The Morgan fingerprint density at radius 1 is 1.04 bits per heavy atom. The number of nitrogens with zero attached hydrogens (tertiary/aromatic N) is 2. The van der Waals surface area contributed by atoms with Crippen LogP contribution in [-0.4, -0.2) is 52.7 Å². The molecule has 1 aliphatic carbocycles. The van der Waals surface area contributed by atoms with Gasteiger partial charge in [0.1, 0.15) is 0 Å². The first-order chi connectivity index (χ1) is 10.8. The fourth-order valence-corrected chi connectivity index (χ4v) is 3.72. The summed E-state index contributed by atoms with van der Waals surface area (Å²) in [5.74, 6) is -2.88. The summed E-state index contributed by atoms with van der Waals surface area (Å²) in [6.07, 6.45) is 0.102. The van der Waals surface area contributed by atoms with Crippen molar-refractivity contribution in [1.82, 2.24) is 9.80 Å². The van der Waals surface area contributed by atoms with Crippen molar-refractivity contribution >= 4 is 11.8 Å². The van der Waals surface area contributed by atoms with E-state index in [4.69, 9.17) is 0 Å². The fourth-order valence-electron chi connectivity index (χ4n) is 3.72. The fraction of sp³-hybridized carbons (Fsp3) is 0.889. The Hall–Kier alpha value is -1.20. The molecule has 0 bridgehead atoms. The second-order valence-electron chi connectivity index (χ2n) is 8.91. The highest BCUT2D eigenvalue weighted by molar-refractivity contribution is 5.83. The van der Waals surface area contributed by atoms with E-state index >= 15 is 0 Å². The van der Waals surface area contributed by atoms with Crippen molar-refractivity contribution in [1.29, 1.82) is 0 Å². The molecule has 2 aliphatic rings. The third-order valence-corrected chi connectivity index (χ3v) is 5.16. The lowest BCUT2D eigenvalue weighted by Crippen LogP contribution is -2.64. The minimum Gasteiger partial charge on any atom is -0.338 e. The number of amides is 2. The molecule has 0 N–H and O–H groups in total. The lowest BCUT2D eigenvalue weighted by molar-refractivity contribution is -0.156. The number of alkyl halides is 2. The Balaban J connectivity index is 2.03. The summed E-state index contributed by atoms with van der Waals surface area (Å²) in [4.78, 5) is 28.9. The summed E-state index contributed by atoms with van der Waals surface area (Å²) in [6, 6.07) is 0. The van der Waals surface area contributed by atoms with Gasteiger partial charge in [0.25, 0.3) is 0 Å². The van der Waals surface area contributed by atoms with Crippen molar-refractivity contribution in [2.24, 2.45) is 11.3 Å². The minimum atomic E-state index is -2.62. The van der Waals surface area contributed by atoms with Gasteiger partial charge in [0.2, 0.25) is 17.7 Å². The van der Waals surface area contributed by atoms with Crippen molar-refractivity contribution in [3.05, 3.63) is 0 Å². The number of carbonyl (C=O) groups is 2. The Morgan fingerprint density at radius 3 is 2.04 bits per heavy atom. The third kappa shape index (κ3) is 4.06. The van der Waals surface area contributed by atoms with Gasteiger partial charge >= 0.3 is 0 Å². The van der Waals surface area contributed by atoms with Crippen LogP contribution in [-0.2, 0) is 9.59 Å². The van der Waals surface area contributed by atoms with Crippen LogP contribution in [0, 0.1) is 11.3 Å². The van der Waals surface area contributed by atoms with Crippen LogP contribution in [0.4, 0.5) is 8.78 Å². The molecular weight excluding hydrogens is 314 g/mol. The standard InChI is InChI=1S/C18H30F2N2O2/c1-16(2,3)15(24)21-10-11-22(17(4,5)12-21)14(23)13-6-8-18(19,20)9-7-13/h13H,6-12H2,1-5H3. The van der Waals surface area contributed by atoms with Crippen molar-refractivity contribution in [2.75, 3.05) is 19.6 Å². The van der Waals surface area contributed by atoms with E-state index < -0.39 is 16.9 Å². The molecular formula is C18H30F2N2O2. The molecule has 2 amide bonds. The van der Waals surface area contributed by atoms with Gasteiger partial charge in [0.15, 0.2) is 0 Å². The normalized spacial score (nSPS) is 24.8. The lowest BCUT2D eigenvalue weighted by Gasteiger charge is -2.49. The summed E-state index contributed by atoms with van der Waals surface area (Å²) in [5, 5.41) is 0. The molecule has 4 nitrogen and oxygen atoms in total. The SMILES string of the molecule is CC(C)(C)C(=O)N1CCN(C(=O)C2CCC(F)(F)CC2)C(C)(C)C1. The second-order valence-corrected chi connectivity index (χ2v) is 8.91. The molecule has 0 radical (unpaired) electrons. The lowest BCUT2D eigenvalue weighted by atomic mass is 9.84. The summed E-state index contributed by atoms with van der Waals surface area (Å²) in [7, 11) is 0. The van der Waals surface area contributed by atoms with Gasteiger partial charge in [-0.15, -0.1) is 0 Å². The minimum absolute atomic E-state index is 0.0293. The molecule has 1 aliphatic heterocycles. The van der Waals surface area contributed by atoms with Gasteiger partial charge in [-0.05, 0) is 26.7 Å². The van der Waals surface area contributed by atoms with Gasteiger partial charge in [0.05, 0.1) is 5.54 Å². The van der Waals surface area contributed by atoms with Gasteiger partial charge in [-0.2, -0.15) is 0 Å². The molecule has 1 saturated carbocycles. The first-order valence-corrected chi connectivity index (χ1v) is 8.82. The number of carbonyl (C=O) groups excluding carboxylic acids is 2. The predicted octanol–water partition coefficient (Wildman–Crippen LogP) is 3.31. The monoisotopic (exact) mass is 344 g/mol. The maximum Gasteiger partial charge on any atom is 0.248 e. The van der Waals surface area contributed by atoms with E-state index in [2.05, 4.69) is 0 Å². The van der Waals surface area contributed by atoms with Gasteiger partial charge in [-0.1, -0.05) is 20.8 Å². The molecule has 0 aromatic heterocycles. The van der Waals surface area contributed by atoms with E-state index in [0.29, 0.717) is 19.6 Å². The maximum absolute atomic E-state index is 13.3. The highest BCUT2D eigenvalue weighted by Crippen LogP contribution is 2.38. The Kier molecular flexibility index (Phi) is 4.99. The molecule has 0 aromatic carbocycles. The predicted molar refractivity (Wildman–Crippen MR) is 88.7 cm³/mol. The largest absolute Gasteiger partial charge is 0.338 e.